The summed E-state index contributed by atoms with van der Waals surface area (Å²) < 4.78 is 0. The Labute approximate surface area is 105 Å². The van der Waals surface area contributed by atoms with Crippen molar-refractivity contribution in [2.24, 2.45) is 5.92 Å². The van der Waals surface area contributed by atoms with Gasteiger partial charge in [0.25, 0.3) is 0 Å². The molecule has 0 amide bonds. The van der Waals surface area contributed by atoms with Gasteiger partial charge in [-0.05, 0) is 32.6 Å². The van der Waals surface area contributed by atoms with E-state index in [9.17, 15) is 0 Å². The summed E-state index contributed by atoms with van der Waals surface area (Å²) in [6.07, 6.45) is 2.42. The molecule has 0 radical (unpaired) electrons. The molecule has 2 heterocycles. The fourth-order valence-corrected chi connectivity index (χ4v) is 2.51. The molecule has 4 nitrogen and oxygen atoms in total. The summed E-state index contributed by atoms with van der Waals surface area (Å²) in [5.74, 6) is 1.59. The first-order valence-corrected chi connectivity index (χ1v) is 6.81. The van der Waals surface area contributed by atoms with E-state index in [2.05, 4.69) is 36.0 Å². The molecule has 5 heteroatoms. The van der Waals surface area contributed by atoms with E-state index < -0.39 is 0 Å². The van der Waals surface area contributed by atoms with E-state index in [-0.39, 0.29) is 0 Å². The highest BCUT2D eigenvalue weighted by Gasteiger charge is 2.20. The monoisotopic (exact) mass is 284 g/mol. The number of alkyl halides is 1. The van der Waals surface area contributed by atoms with Gasteiger partial charge in [0, 0.05) is 18.4 Å². The molecule has 0 unspecified atom stereocenters. The van der Waals surface area contributed by atoms with Crippen LogP contribution in [0.1, 0.15) is 24.2 Å². The van der Waals surface area contributed by atoms with Gasteiger partial charge in [0.05, 0.1) is 11.4 Å². The zero-order valence-electron chi connectivity index (χ0n) is 9.78. The lowest BCUT2D eigenvalue weighted by atomic mass is 9.99. The molecule has 0 saturated carbocycles. The Hall–Kier alpha value is -0.710. The van der Waals surface area contributed by atoms with Crippen LogP contribution in [0.3, 0.4) is 0 Å². The van der Waals surface area contributed by atoms with Gasteiger partial charge in [0.15, 0.2) is 0 Å². The number of piperidine rings is 1. The standard InChI is InChI=1S/C11H17BrN4/c1-8-9(2)14-15-11(13-8)16-5-3-10(7-12)4-6-16/h10H,3-7H2,1-2H3. The van der Waals surface area contributed by atoms with Crippen LogP contribution in [0.5, 0.6) is 0 Å². The van der Waals surface area contributed by atoms with E-state index in [0.717, 1.165) is 41.7 Å². The lowest BCUT2D eigenvalue weighted by Gasteiger charge is -2.30. The molecule has 1 aliphatic heterocycles. The topological polar surface area (TPSA) is 41.9 Å². The molecule has 16 heavy (non-hydrogen) atoms. The van der Waals surface area contributed by atoms with Crippen LogP contribution < -0.4 is 4.90 Å². The minimum absolute atomic E-state index is 0.788. The van der Waals surface area contributed by atoms with Crippen LogP contribution in [0.2, 0.25) is 0 Å². The number of hydrogen-bond donors (Lipinski definition) is 0. The number of anilines is 1. The van der Waals surface area contributed by atoms with Crippen molar-refractivity contribution in [2.45, 2.75) is 26.7 Å². The Morgan fingerprint density at radius 2 is 1.88 bits per heavy atom. The zero-order chi connectivity index (χ0) is 11.5. The Kier molecular flexibility index (Phi) is 3.74. The number of rotatable bonds is 2. The van der Waals surface area contributed by atoms with Gasteiger partial charge in [-0.3, -0.25) is 0 Å². The minimum Gasteiger partial charge on any atom is -0.340 e. The number of hydrogen-bond acceptors (Lipinski definition) is 4. The van der Waals surface area contributed by atoms with E-state index in [0.29, 0.717) is 0 Å². The van der Waals surface area contributed by atoms with Gasteiger partial charge in [0.1, 0.15) is 0 Å². The SMILES string of the molecule is Cc1nnc(N2CCC(CBr)CC2)nc1C. The third-order valence-electron chi connectivity index (χ3n) is 3.20. The average Bonchev–Trinajstić information content (AvgIpc) is 2.33. The number of halogens is 1. The van der Waals surface area contributed by atoms with Crippen molar-refractivity contribution in [1.29, 1.82) is 0 Å². The van der Waals surface area contributed by atoms with Crippen molar-refractivity contribution in [1.82, 2.24) is 15.2 Å². The van der Waals surface area contributed by atoms with Gasteiger partial charge >= 0.3 is 0 Å². The van der Waals surface area contributed by atoms with Crippen LogP contribution in [0.15, 0.2) is 0 Å². The van der Waals surface area contributed by atoms with Crippen molar-refractivity contribution in [2.75, 3.05) is 23.3 Å². The number of aromatic nitrogens is 3. The molecule has 0 N–H and O–H groups in total. The summed E-state index contributed by atoms with van der Waals surface area (Å²) in [5.41, 5.74) is 1.90. The van der Waals surface area contributed by atoms with E-state index in [1.54, 1.807) is 0 Å². The third-order valence-corrected chi connectivity index (χ3v) is 4.11. The minimum atomic E-state index is 0.788. The van der Waals surface area contributed by atoms with Crippen LogP contribution in [0.4, 0.5) is 5.95 Å². The summed E-state index contributed by atoms with van der Waals surface area (Å²) in [5, 5.41) is 9.40. The molecular weight excluding hydrogens is 268 g/mol. The zero-order valence-corrected chi connectivity index (χ0v) is 11.4. The largest absolute Gasteiger partial charge is 0.340 e. The molecule has 1 saturated heterocycles. The molecule has 1 aromatic rings. The molecule has 1 aromatic heterocycles. The van der Waals surface area contributed by atoms with Gasteiger partial charge in [-0.1, -0.05) is 15.9 Å². The van der Waals surface area contributed by atoms with E-state index >= 15 is 0 Å². The van der Waals surface area contributed by atoms with Crippen LogP contribution >= 0.6 is 15.9 Å². The van der Waals surface area contributed by atoms with E-state index in [1.165, 1.54) is 12.8 Å². The Morgan fingerprint density at radius 3 is 2.44 bits per heavy atom. The lowest BCUT2D eigenvalue weighted by Crippen LogP contribution is -2.35. The quantitative estimate of drug-likeness (QED) is 0.780. The normalized spacial score (nSPS) is 17.8. The van der Waals surface area contributed by atoms with Gasteiger partial charge in [0.2, 0.25) is 5.95 Å². The first-order valence-electron chi connectivity index (χ1n) is 5.69. The highest BCUT2D eigenvalue weighted by Crippen LogP contribution is 2.21. The summed E-state index contributed by atoms with van der Waals surface area (Å²) in [6.45, 7) is 6.01. The molecule has 0 bridgehead atoms. The number of aryl methyl sites for hydroxylation is 2. The maximum Gasteiger partial charge on any atom is 0.245 e. The Bertz CT molecular complexity index is 361. The fraction of sp³-hybridized carbons (Fsp3) is 0.727. The summed E-state index contributed by atoms with van der Waals surface area (Å²) >= 11 is 3.55. The molecular formula is C11H17BrN4. The molecule has 88 valence electrons. The molecule has 0 aromatic carbocycles. The predicted molar refractivity (Wildman–Crippen MR) is 68.0 cm³/mol. The van der Waals surface area contributed by atoms with Crippen molar-refractivity contribution in [3.8, 4) is 0 Å². The van der Waals surface area contributed by atoms with Crippen LogP contribution in [0, 0.1) is 19.8 Å². The van der Waals surface area contributed by atoms with Gasteiger partial charge in [-0.2, -0.15) is 5.10 Å². The molecule has 1 aliphatic rings. The molecule has 1 fully saturated rings. The maximum absolute atomic E-state index is 4.49. The second kappa shape index (κ2) is 5.08. The maximum atomic E-state index is 4.49. The first kappa shape index (κ1) is 11.8. The fourth-order valence-electron chi connectivity index (χ4n) is 1.87. The van der Waals surface area contributed by atoms with Crippen LogP contribution in [0.25, 0.3) is 0 Å². The molecule has 0 aliphatic carbocycles. The Balaban J connectivity index is 2.05. The molecule has 0 atom stereocenters. The van der Waals surface area contributed by atoms with Crippen LogP contribution in [-0.2, 0) is 0 Å². The molecule has 2 rings (SSSR count). The van der Waals surface area contributed by atoms with Crippen molar-refractivity contribution < 1.29 is 0 Å². The highest BCUT2D eigenvalue weighted by atomic mass is 79.9. The van der Waals surface area contributed by atoms with Crippen molar-refractivity contribution in [3.63, 3.8) is 0 Å². The van der Waals surface area contributed by atoms with Crippen molar-refractivity contribution >= 4 is 21.9 Å². The smallest absolute Gasteiger partial charge is 0.245 e. The van der Waals surface area contributed by atoms with Gasteiger partial charge < -0.3 is 4.90 Å². The van der Waals surface area contributed by atoms with E-state index in [4.69, 9.17) is 0 Å². The second-order valence-electron chi connectivity index (χ2n) is 4.37. The summed E-state index contributed by atoms with van der Waals surface area (Å²) in [7, 11) is 0. The van der Waals surface area contributed by atoms with Crippen LogP contribution in [-0.4, -0.2) is 33.6 Å². The van der Waals surface area contributed by atoms with E-state index in [1.807, 2.05) is 13.8 Å². The average molecular weight is 285 g/mol. The first-order chi connectivity index (χ1) is 7.70. The van der Waals surface area contributed by atoms with Gasteiger partial charge in [-0.25, -0.2) is 4.98 Å². The highest BCUT2D eigenvalue weighted by molar-refractivity contribution is 9.09. The summed E-state index contributed by atoms with van der Waals surface area (Å²) in [6, 6.07) is 0. The second-order valence-corrected chi connectivity index (χ2v) is 5.01. The molecule has 0 spiro atoms. The van der Waals surface area contributed by atoms with Gasteiger partial charge in [-0.15, -0.1) is 5.10 Å². The number of nitrogens with zero attached hydrogens (tertiary/aromatic N) is 4. The predicted octanol–water partition coefficient (Wildman–Crippen LogP) is 2.10. The Morgan fingerprint density at radius 1 is 1.19 bits per heavy atom. The lowest BCUT2D eigenvalue weighted by molar-refractivity contribution is 0.441. The summed E-state index contributed by atoms with van der Waals surface area (Å²) in [4.78, 5) is 6.72. The third kappa shape index (κ3) is 2.51. The van der Waals surface area contributed by atoms with Crippen molar-refractivity contribution in [3.05, 3.63) is 11.4 Å².